The summed E-state index contributed by atoms with van der Waals surface area (Å²) in [6, 6.07) is 16.5. The maximum absolute atomic E-state index is 13.2. The third kappa shape index (κ3) is 3.86. The van der Waals surface area contributed by atoms with Crippen molar-refractivity contribution in [1.29, 1.82) is 5.26 Å². The van der Waals surface area contributed by atoms with Crippen LogP contribution in [0.3, 0.4) is 0 Å². The third-order valence-corrected chi connectivity index (χ3v) is 6.31. The van der Waals surface area contributed by atoms with Crippen molar-refractivity contribution < 1.29 is 19.1 Å². The van der Waals surface area contributed by atoms with Crippen LogP contribution >= 0.6 is 0 Å². The Morgan fingerprint density at radius 3 is 2.36 bits per heavy atom. The molecule has 0 spiro atoms. The van der Waals surface area contributed by atoms with Gasteiger partial charge in [-0.05, 0) is 30.7 Å². The molecule has 3 aromatic rings. The van der Waals surface area contributed by atoms with E-state index in [1.165, 1.54) is 19.1 Å². The molecule has 2 aromatic carbocycles. The molecule has 0 saturated carbocycles. The van der Waals surface area contributed by atoms with Gasteiger partial charge in [0.1, 0.15) is 17.3 Å². The number of allylic oxidation sites excluding steroid dienone is 1. The molecule has 1 aromatic heterocycles. The van der Waals surface area contributed by atoms with E-state index >= 15 is 0 Å². The van der Waals surface area contributed by atoms with Gasteiger partial charge in [0.05, 0.1) is 54.1 Å². The van der Waals surface area contributed by atoms with Crippen molar-refractivity contribution in [2.24, 2.45) is 5.73 Å². The van der Waals surface area contributed by atoms with E-state index in [4.69, 9.17) is 20.2 Å². The number of carbonyl (C=O) groups excluding carboxylic acids is 2. The molecule has 36 heavy (non-hydrogen) atoms. The van der Waals surface area contributed by atoms with Crippen molar-refractivity contribution in [3.63, 3.8) is 0 Å². The molecule has 0 radical (unpaired) electrons. The average Bonchev–Trinajstić information content (AvgIpc) is 3.28. The van der Waals surface area contributed by atoms with Gasteiger partial charge in [0.15, 0.2) is 0 Å². The van der Waals surface area contributed by atoms with Crippen LogP contribution in [0.1, 0.15) is 31.2 Å². The monoisotopic (exact) mass is 485 g/mol. The zero-order valence-electron chi connectivity index (χ0n) is 20.6. The van der Waals surface area contributed by atoms with Gasteiger partial charge in [-0.3, -0.25) is 4.90 Å². The molecule has 184 valence electrons. The van der Waals surface area contributed by atoms with E-state index in [0.29, 0.717) is 16.8 Å². The fourth-order valence-electron chi connectivity index (χ4n) is 4.71. The smallest absolute Gasteiger partial charge is 0.355 e. The van der Waals surface area contributed by atoms with Crippen molar-refractivity contribution in [2.45, 2.75) is 32.7 Å². The summed E-state index contributed by atoms with van der Waals surface area (Å²) in [6.07, 6.45) is 0.751. The number of ether oxygens (including phenoxy) is 2. The number of esters is 2. The van der Waals surface area contributed by atoms with Gasteiger partial charge in [0, 0.05) is 13.0 Å². The standard InChI is InChI=1S/C27H27N5O4/c1-5-21-30-19-14-17(12-13-20(19)31(21)6-2)32-24(27(34)36-4)23(26(33)35-3)22(18(15-28)25(32)29)16-10-8-7-9-11-16/h7-14,22H,5-6,29H2,1-4H3. The summed E-state index contributed by atoms with van der Waals surface area (Å²) in [5.41, 5.74) is 9.25. The van der Waals surface area contributed by atoms with Crippen molar-refractivity contribution in [1.82, 2.24) is 9.55 Å². The topological polar surface area (TPSA) is 123 Å². The number of rotatable bonds is 6. The SMILES string of the molecule is CCc1nc2cc(N3C(N)=C(C#N)C(c4ccccc4)C(C(=O)OC)=C3C(=O)OC)ccc2n1CC. The number of nitriles is 1. The minimum absolute atomic E-state index is 0.0180. The molecule has 0 fully saturated rings. The van der Waals surface area contributed by atoms with Gasteiger partial charge in [-0.25, -0.2) is 14.6 Å². The van der Waals surface area contributed by atoms with E-state index in [-0.39, 0.29) is 22.7 Å². The van der Waals surface area contributed by atoms with Gasteiger partial charge >= 0.3 is 11.9 Å². The lowest BCUT2D eigenvalue weighted by Crippen LogP contribution is -2.40. The molecule has 0 saturated heterocycles. The second-order valence-corrected chi connectivity index (χ2v) is 8.13. The third-order valence-electron chi connectivity index (χ3n) is 6.31. The fourth-order valence-corrected chi connectivity index (χ4v) is 4.71. The van der Waals surface area contributed by atoms with Crippen molar-refractivity contribution in [2.75, 3.05) is 19.1 Å². The summed E-state index contributed by atoms with van der Waals surface area (Å²) >= 11 is 0. The quantitative estimate of drug-likeness (QED) is 0.526. The van der Waals surface area contributed by atoms with Gasteiger partial charge in [0.2, 0.25) is 0 Å². The van der Waals surface area contributed by atoms with E-state index < -0.39 is 17.9 Å². The first-order valence-corrected chi connectivity index (χ1v) is 11.6. The average molecular weight is 486 g/mol. The number of nitrogens with zero attached hydrogens (tertiary/aromatic N) is 4. The lowest BCUT2D eigenvalue weighted by molar-refractivity contribution is -0.139. The highest BCUT2D eigenvalue weighted by Crippen LogP contribution is 2.43. The minimum Gasteiger partial charge on any atom is -0.466 e. The molecule has 9 nitrogen and oxygen atoms in total. The molecule has 4 rings (SSSR count). The van der Waals surface area contributed by atoms with Gasteiger partial charge < -0.3 is 19.8 Å². The molecule has 0 amide bonds. The highest BCUT2D eigenvalue weighted by molar-refractivity contribution is 6.06. The highest BCUT2D eigenvalue weighted by atomic mass is 16.5. The summed E-state index contributed by atoms with van der Waals surface area (Å²) in [5.74, 6) is -1.52. The Morgan fingerprint density at radius 2 is 1.78 bits per heavy atom. The van der Waals surface area contributed by atoms with Crippen LogP contribution in [0, 0.1) is 11.3 Å². The molecule has 1 aliphatic rings. The predicted molar refractivity (Wildman–Crippen MR) is 134 cm³/mol. The van der Waals surface area contributed by atoms with E-state index in [1.54, 1.807) is 36.4 Å². The molecular weight excluding hydrogens is 458 g/mol. The van der Waals surface area contributed by atoms with Gasteiger partial charge in [-0.2, -0.15) is 5.26 Å². The molecule has 0 bridgehead atoms. The normalized spacial score (nSPS) is 15.8. The van der Waals surface area contributed by atoms with E-state index in [9.17, 15) is 14.9 Å². The molecule has 2 N–H and O–H groups in total. The van der Waals surface area contributed by atoms with Gasteiger partial charge in [0.25, 0.3) is 0 Å². The molecule has 9 heteroatoms. The highest BCUT2D eigenvalue weighted by Gasteiger charge is 2.43. The van der Waals surface area contributed by atoms with Crippen LogP contribution in [0.5, 0.6) is 0 Å². The maximum Gasteiger partial charge on any atom is 0.355 e. The Balaban J connectivity index is 2.04. The summed E-state index contributed by atoms with van der Waals surface area (Å²) in [6.45, 7) is 4.83. The van der Waals surface area contributed by atoms with Crippen LogP contribution in [0.2, 0.25) is 0 Å². The first kappa shape index (κ1) is 24.5. The zero-order chi connectivity index (χ0) is 26.0. The first-order valence-electron chi connectivity index (χ1n) is 11.6. The number of hydrogen-bond acceptors (Lipinski definition) is 8. The Bertz CT molecular complexity index is 1450. The van der Waals surface area contributed by atoms with E-state index in [1.807, 2.05) is 26.0 Å². The van der Waals surface area contributed by atoms with Crippen LogP contribution in [0.15, 0.2) is 71.2 Å². The predicted octanol–water partition coefficient (Wildman–Crippen LogP) is 3.52. The second kappa shape index (κ2) is 9.96. The number of fused-ring (bicyclic) bond motifs is 1. The number of nitrogens with two attached hydrogens (primary N) is 1. The van der Waals surface area contributed by atoms with Gasteiger partial charge in [-0.1, -0.05) is 37.3 Å². The summed E-state index contributed by atoms with van der Waals surface area (Å²) in [4.78, 5) is 32.5. The Kier molecular flexibility index (Phi) is 6.79. The van der Waals surface area contributed by atoms with Crippen LogP contribution in [-0.4, -0.2) is 35.7 Å². The number of anilines is 1. The lowest BCUT2D eigenvalue weighted by atomic mass is 9.81. The summed E-state index contributed by atoms with van der Waals surface area (Å²) in [5, 5.41) is 10.2. The molecular formula is C27H27N5O4. The second-order valence-electron chi connectivity index (χ2n) is 8.13. The Morgan fingerprint density at radius 1 is 1.08 bits per heavy atom. The maximum atomic E-state index is 13.2. The van der Waals surface area contributed by atoms with Gasteiger partial charge in [-0.15, -0.1) is 0 Å². The van der Waals surface area contributed by atoms with Crippen LogP contribution in [0.4, 0.5) is 5.69 Å². The number of benzene rings is 2. The molecule has 1 atom stereocenters. The Hall–Kier alpha value is -4.58. The van der Waals surface area contributed by atoms with Crippen molar-refractivity contribution in [3.05, 3.63) is 82.6 Å². The molecule has 2 heterocycles. The first-order chi connectivity index (χ1) is 17.4. The van der Waals surface area contributed by atoms with Crippen LogP contribution < -0.4 is 10.6 Å². The largest absolute Gasteiger partial charge is 0.466 e. The fraction of sp³-hybridized carbons (Fsp3) is 0.259. The lowest BCUT2D eigenvalue weighted by Gasteiger charge is -2.35. The molecule has 1 unspecified atom stereocenters. The van der Waals surface area contributed by atoms with Crippen molar-refractivity contribution in [3.8, 4) is 6.07 Å². The number of carbonyl (C=O) groups is 2. The van der Waals surface area contributed by atoms with E-state index in [0.717, 1.165) is 24.3 Å². The minimum atomic E-state index is -0.913. The number of hydrogen-bond donors (Lipinski definition) is 1. The van der Waals surface area contributed by atoms with Crippen LogP contribution in [0.25, 0.3) is 11.0 Å². The summed E-state index contributed by atoms with van der Waals surface area (Å²) < 4.78 is 12.3. The number of aromatic nitrogens is 2. The molecule has 1 aliphatic heterocycles. The number of aryl methyl sites for hydroxylation is 2. The molecule has 0 aliphatic carbocycles. The summed E-state index contributed by atoms with van der Waals surface area (Å²) in [7, 11) is 2.44. The van der Waals surface area contributed by atoms with Crippen LogP contribution in [-0.2, 0) is 32.0 Å². The zero-order valence-corrected chi connectivity index (χ0v) is 20.6. The number of methoxy groups -OCH3 is 2. The Labute approximate surface area is 209 Å². The number of imidazole rings is 1. The van der Waals surface area contributed by atoms with E-state index in [2.05, 4.69) is 10.6 Å². The van der Waals surface area contributed by atoms with Crippen molar-refractivity contribution >= 4 is 28.7 Å².